The first-order valence-corrected chi connectivity index (χ1v) is 12.0. The third kappa shape index (κ3) is 3.51. The van der Waals surface area contributed by atoms with Crippen LogP contribution in [0.25, 0.3) is 0 Å². The molecule has 0 N–H and O–H groups in total. The summed E-state index contributed by atoms with van der Waals surface area (Å²) in [6, 6.07) is 20.9. The van der Waals surface area contributed by atoms with Crippen LogP contribution in [-0.2, 0) is 9.22 Å². The van der Waals surface area contributed by atoms with Gasteiger partial charge in [0.25, 0.3) is 8.32 Å². The molecule has 1 aliphatic rings. The molecule has 0 saturated heterocycles. The van der Waals surface area contributed by atoms with E-state index in [1.165, 1.54) is 10.4 Å². The van der Waals surface area contributed by atoms with Crippen molar-refractivity contribution in [3.05, 3.63) is 60.7 Å². The van der Waals surface area contributed by atoms with Crippen molar-refractivity contribution in [3.63, 3.8) is 0 Å². The van der Waals surface area contributed by atoms with Crippen molar-refractivity contribution in [2.45, 2.75) is 49.6 Å². The highest BCUT2D eigenvalue weighted by Crippen LogP contribution is 2.48. The molecule has 0 bridgehead atoms. The molecule has 2 unspecified atom stereocenters. The van der Waals surface area contributed by atoms with Gasteiger partial charge in [0, 0.05) is 18.4 Å². The molecule has 0 spiro atoms. The molecule has 0 aliphatic heterocycles. The van der Waals surface area contributed by atoms with Gasteiger partial charge in [0.2, 0.25) is 0 Å². The van der Waals surface area contributed by atoms with Gasteiger partial charge >= 0.3 is 0 Å². The number of rotatable bonds is 5. The van der Waals surface area contributed by atoms with Crippen molar-refractivity contribution in [2.24, 2.45) is 5.92 Å². The van der Waals surface area contributed by atoms with E-state index in [2.05, 4.69) is 69.3 Å². The molecule has 2 aromatic rings. The summed E-state index contributed by atoms with van der Waals surface area (Å²) in [6.07, 6.45) is 0.135. The molecular weight excluding hydrogens is 395 g/mol. The molecule has 0 radical (unpaired) electrons. The predicted octanol–water partition coefficient (Wildman–Crippen LogP) is 4.71. The van der Waals surface area contributed by atoms with E-state index in [9.17, 15) is 4.79 Å². The smallest absolute Gasteiger partial charge is 0.261 e. The Balaban J connectivity index is 2.11. The highest BCUT2D eigenvalue weighted by molar-refractivity contribution is 6.99. The second kappa shape index (κ2) is 7.36. The molecule has 1 aliphatic carbocycles. The number of ketones is 1. The summed E-state index contributed by atoms with van der Waals surface area (Å²) in [4.78, 5) is 11.9. The molecule has 3 rings (SSSR count). The summed E-state index contributed by atoms with van der Waals surface area (Å²) in [7, 11) is -2.67. The lowest BCUT2D eigenvalue weighted by Crippen LogP contribution is -2.69. The van der Waals surface area contributed by atoms with Gasteiger partial charge in [-0.25, -0.2) is 0 Å². The predicted molar refractivity (Wildman–Crippen MR) is 116 cm³/mol. The largest absolute Gasteiger partial charge is 0.404 e. The molecule has 5 heteroatoms. The van der Waals surface area contributed by atoms with Gasteiger partial charge in [-0.3, -0.25) is 4.79 Å². The van der Waals surface area contributed by atoms with Gasteiger partial charge in [-0.05, 0) is 22.3 Å². The third-order valence-electron chi connectivity index (χ3n) is 5.59. The molecule has 2 aromatic carbocycles. The maximum Gasteiger partial charge on any atom is 0.261 e. The molecule has 27 heavy (non-hydrogen) atoms. The number of Topliss-reactive ketones (excluding diaryl/α,β-unsaturated/α-hetero) is 1. The van der Waals surface area contributed by atoms with Crippen LogP contribution in [0.3, 0.4) is 0 Å². The van der Waals surface area contributed by atoms with Crippen molar-refractivity contribution < 1.29 is 9.22 Å². The van der Waals surface area contributed by atoms with Gasteiger partial charge in [0.05, 0.1) is 0 Å². The lowest BCUT2D eigenvalue weighted by atomic mass is 9.79. The highest BCUT2D eigenvalue weighted by Gasteiger charge is 2.58. The molecule has 0 aromatic heterocycles. The number of carbonyl (C=O) groups is 1. The Hall–Kier alpha value is -1.13. The average Bonchev–Trinajstić information content (AvgIpc) is 2.64. The summed E-state index contributed by atoms with van der Waals surface area (Å²) in [5.41, 5.74) is 0. The van der Waals surface area contributed by atoms with Gasteiger partial charge in [-0.1, -0.05) is 105 Å². The second-order valence-electron chi connectivity index (χ2n) is 8.34. The molecule has 2 atom stereocenters. The molecule has 0 amide bonds. The Morgan fingerprint density at radius 3 is 1.78 bits per heavy atom. The molecular formula is C22H26Cl2O2Si. The van der Waals surface area contributed by atoms with Gasteiger partial charge in [-0.2, -0.15) is 0 Å². The summed E-state index contributed by atoms with van der Waals surface area (Å²) >= 11 is 12.6. The van der Waals surface area contributed by atoms with Crippen molar-refractivity contribution in [1.29, 1.82) is 0 Å². The monoisotopic (exact) mass is 420 g/mol. The van der Waals surface area contributed by atoms with Crippen LogP contribution >= 0.6 is 23.2 Å². The molecule has 1 saturated carbocycles. The number of carbonyl (C=O) groups excluding carboxylic acids is 1. The van der Waals surface area contributed by atoms with Crippen LogP contribution in [-0.4, -0.2) is 24.5 Å². The third-order valence-corrected chi connectivity index (χ3v) is 11.7. The van der Waals surface area contributed by atoms with E-state index in [4.69, 9.17) is 27.6 Å². The van der Waals surface area contributed by atoms with Crippen molar-refractivity contribution in [3.8, 4) is 0 Å². The summed E-state index contributed by atoms with van der Waals surface area (Å²) in [5.74, 6) is -0.316. The normalized spacial score (nSPS) is 20.8. The number of benzene rings is 2. The Morgan fingerprint density at radius 1 is 1.00 bits per heavy atom. The van der Waals surface area contributed by atoms with Crippen LogP contribution in [0.2, 0.25) is 5.04 Å². The Bertz CT molecular complexity index is 761. The van der Waals surface area contributed by atoms with E-state index in [0.29, 0.717) is 6.42 Å². The van der Waals surface area contributed by atoms with Gasteiger partial charge in [-0.15, -0.1) is 0 Å². The maximum absolute atomic E-state index is 11.9. The quantitative estimate of drug-likeness (QED) is 0.516. The topological polar surface area (TPSA) is 26.3 Å². The van der Waals surface area contributed by atoms with E-state index in [-0.39, 0.29) is 22.8 Å². The average molecular weight is 421 g/mol. The summed E-state index contributed by atoms with van der Waals surface area (Å²) < 4.78 is 5.64. The SMILES string of the molecule is CC(O[Si](c1ccccc1)(c1ccccc1)C(C)(C)C)C1CC(=O)C1(Cl)Cl. The van der Waals surface area contributed by atoms with E-state index >= 15 is 0 Å². The zero-order valence-corrected chi connectivity index (χ0v) is 18.7. The fraction of sp³-hybridized carbons (Fsp3) is 0.409. The van der Waals surface area contributed by atoms with Gasteiger partial charge in [0.15, 0.2) is 10.1 Å². The van der Waals surface area contributed by atoms with E-state index < -0.39 is 12.7 Å². The number of halogens is 2. The first kappa shape index (κ1) is 20.6. The lowest BCUT2D eigenvalue weighted by molar-refractivity contribution is -0.131. The van der Waals surface area contributed by atoms with Gasteiger partial charge in [0.1, 0.15) is 0 Å². The Kier molecular flexibility index (Phi) is 5.62. The zero-order chi connectivity index (χ0) is 19.9. The lowest BCUT2D eigenvalue weighted by Gasteiger charge is -2.49. The Morgan fingerprint density at radius 2 is 1.44 bits per heavy atom. The molecule has 2 nitrogen and oxygen atoms in total. The van der Waals surface area contributed by atoms with E-state index in [0.717, 1.165) is 0 Å². The van der Waals surface area contributed by atoms with Crippen molar-refractivity contribution in [2.75, 3.05) is 0 Å². The second-order valence-corrected chi connectivity index (χ2v) is 14.0. The number of hydrogen-bond donors (Lipinski definition) is 0. The molecule has 1 fully saturated rings. The number of hydrogen-bond acceptors (Lipinski definition) is 2. The fourth-order valence-corrected chi connectivity index (χ4v) is 9.45. The number of alkyl halides is 2. The van der Waals surface area contributed by atoms with Crippen molar-refractivity contribution >= 4 is 47.7 Å². The maximum atomic E-state index is 11.9. The first-order valence-electron chi connectivity index (χ1n) is 9.30. The van der Waals surface area contributed by atoms with Crippen LogP contribution in [0.4, 0.5) is 0 Å². The van der Waals surface area contributed by atoms with Crippen LogP contribution in [0.15, 0.2) is 60.7 Å². The van der Waals surface area contributed by atoms with Crippen molar-refractivity contribution in [1.82, 2.24) is 0 Å². The minimum Gasteiger partial charge on any atom is -0.404 e. The standard InChI is InChI=1S/C22H26Cl2O2Si/c1-16(19-15-20(25)22(19,23)24)26-27(21(2,3)4,17-11-7-5-8-12-17)18-13-9-6-10-14-18/h5-14,16,19H,15H2,1-4H3. The summed E-state index contributed by atoms with van der Waals surface area (Å²) in [6.45, 7) is 8.68. The first-order chi connectivity index (χ1) is 12.6. The summed E-state index contributed by atoms with van der Waals surface area (Å²) in [5, 5.41) is 2.28. The van der Waals surface area contributed by atoms with E-state index in [1.807, 2.05) is 19.1 Å². The zero-order valence-electron chi connectivity index (χ0n) is 16.2. The Labute approximate surface area is 173 Å². The minimum atomic E-state index is -2.67. The highest BCUT2D eigenvalue weighted by atomic mass is 35.5. The molecule has 144 valence electrons. The van der Waals surface area contributed by atoms with Crippen LogP contribution in [0, 0.1) is 5.92 Å². The van der Waals surface area contributed by atoms with Crippen LogP contribution in [0.1, 0.15) is 34.1 Å². The molecule has 0 heterocycles. The fourth-order valence-electron chi connectivity index (χ4n) is 4.05. The van der Waals surface area contributed by atoms with Crippen LogP contribution < -0.4 is 10.4 Å². The van der Waals surface area contributed by atoms with Crippen LogP contribution in [0.5, 0.6) is 0 Å². The minimum absolute atomic E-state index is 0.117. The van der Waals surface area contributed by atoms with E-state index in [1.54, 1.807) is 0 Å². The van der Waals surface area contributed by atoms with Gasteiger partial charge < -0.3 is 4.43 Å².